The Morgan fingerprint density at radius 2 is 2.00 bits per heavy atom. The number of esters is 1. The van der Waals surface area contributed by atoms with Crippen LogP contribution in [0.4, 0.5) is 4.39 Å². The Bertz CT molecular complexity index is 586. The van der Waals surface area contributed by atoms with Gasteiger partial charge in [0.25, 0.3) is 0 Å². The number of nitrogens with two attached hydrogens (primary N) is 1. The van der Waals surface area contributed by atoms with Gasteiger partial charge in [-0.2, -0.15) is 0 Å². The molecule has 0 fully saturated rings. The molecule has 1 rings (SSSR count). The first-order chi connectivity index (χ1) is 8.12. The van der Waals surface area contributed by atoms with Gasteiger partial charge >= 0.3 is 5.97 Å². The van der Waals surface area contributed by atoms with E-state index in [1.165, 1.54) is 0 Å². The van der Waals surface area contributed by atoms with E-state index in [9.17, 15) is 17.6 Å². The Balaban J connectivity index is 3.39. The third kappa shape index (κ3) is 3.50. The van der Waals surface area contributed by atoms with E-state index in [0.717, 1.165) is 12.1 Å². The highest BCUT2D eigenvalue weighted by Gasteiger charge is 2.23. The fraction of sp³-hybridized carbons (Fsp3) is 0.300. The molecule has 0 radical (unpaired) electrons. The SMILES string of the molecule is CC(C)OC(=O)c1cc(Br)cc(S(N)(=O)=O)c1F. The summed E-state index contributed by atoms with van der Waals surface area (Å²) in [4.78, 5) is 10.8. The quantitative estimate of drug-likeness (QED) is 0.850. The second kappa shape index (κ2) is 5.33. The van der Waals surface area contributed by atoms with Crippen molar-refractivity contribution in [2.24, 2.45) is 5.14 Å². The normalized spacial score (nSPS) is 11.7. The number of rotatable bonds is 3. The van der Waals surface area contributed by atoms with Crippen LogP contribution in [-0.4, -0.2) is 20.5 Å². The van der Waals surface area contributed by atoms with Crippen LogP contribution < -0.4 is 5.14 Å². The molecule has 100 valence electrons. The summed E-state index contributed by atoms with van der Waals surface area (Å²) in [5.41, 5.74) is -0.484. The molecule has 0 aliphatic carbocycles. The first-order valence-electron chi connectivity index (χ1n) is 4.85. The van der Waals surface area contributed by atoms with Gasteiger partial charge in [-0.15, -0.1) is 0 Å². The van der Waals surface area contributed by atoms with Gasteiger partial charge in [0.1, 0.15) is 4.90 Å². The summed E-state index contributed by atoms with van der Waals surface area (Å²) in [5.74, 6) is -2.17. The Morgan fingerprint density at radius 3 is 2.44 bits per heavy atom. The van der Waals surface area contributed by atoms with Gasteiger partial charge < -0.3 is 4.74 Å². The second-order valence-electron chi connectivity index (χ2n) is 3.76. The van der Waals surface area contributed by atoms with E-state index in [1.54, 1.807) is 13.8 Å². The average molecular weight is 340 g/mol. The lowest BCUT2D eigenvalue weighted by atomic mass is 10.2. The summed E-state index contributed by atoms with van der Waals surface area (Å²) >= 11 is 2.98. The molecule has 0 spiro atoms. The Labute approximate surface area is 112 Å². The van der Waals surface area contributed by atoms with E-state index in [4.69, 9.17) is 9.88 Å². The number of halogens is 2. The highest BCUT2D eigenvalue weighted by Crippen LogP contribution is 2.24. The summed E-state index contributed by atoms with van der Waals surface area (Å²) in [6.45, 7) is 3.18. The Morgan fingerprint density at radius 1 is 1.44 bits per heavy atom. The van der Waals surface area contributed by atoms with Crippen molar-refractivity contribution >= 4 is 31.9 Å². The van der Waals surface area contributed by atoms with Crippen LogP contribution in [0.25, 0.3) is 0 Å². The second-order valence-corrected chi connectivity index (χ2v) is 6.21. The van der Waals surface area contributed by atoms with Crippen LogP contribution in [0.5, 0.6) is 0 Å². The zero-order valence-electron chi connectivity index (χ0n) is 9.61. The first kappa shape index (κ1) is 15.1. The lowest BCUT2D eigenvalue weighted by Crippen LogP contribution is -2.18. The van der Waals surface area contributed by atoms with E-state index in [0.29, 0.717) is 0 Å². The van der Waals surface area contributed by atoms with E-state index in [1.807, 2.05) is 0 Å². The fourth-order valence-electron chi connectivity index (χ4n) is 1.20. The van der Waals surface area contributed by atoms with Crippen LogP contribution in [0.3, 0.4) is 0 Å². The molecule has 2 N–H and O–H groups in total. The van der Waals surface area contributed by atoms with Crippen LogP contribution in [-0.2, 0) is 14.8 Å². The predicted octanol–water partition coefficient (Wildman–Crippen LogP) is 1.80. The number of primary sulfonamides is 1. The summed E-state index contributed by atoms with van der Waals surface area (Å²) in [6, 6.07) is 2.12. The minimum atomic E-state index is -4.25. The van der Waals surface area contributed by atoms with Crippen molar-refractivity contribution < 1.29 is 22.3 Å². The van der Waals surface area contributed by atoms with Crippen molar-refractivity contribution in [3.63, 3.8) is 0 Å². The van der Waals surface area contributed by atoms with Gasteiger partial charge in [0.2, 0.25) is 10.0 Å². The minimum absolute atomic E-state index is 0.212. The number of benzene rings is 1. The van der Waals surface area contributed by atoms with E-state index < -0.39 is 38.4 Å². The molecule has 0 aliphatic heterocycles. The zero-order chi connectivity index (χ0) is 14.1. The molecule has 0 bridgehead atoms. The molecule has 1 aromatic rings. The van der Waals surface area contributed by atoms with Gasteiger partial charge in [0.05, 0.1) is 11.7 Å². The molecule has 5 nitrogen and oxygen atoms in total. The monoisotopic (exact) mass is 339 g/mol. The van der Waals surface area contributed by atoms with Gasteiger partial charge in [0.15, 0.2) is 5.82 Å². The molecule has 8 heteroatoms. The zero-order valence-corrected chi connectivity index (χ0v) is 12.0. The fourth-order valence-corrected chi connectivity index (χ4v) is 2.46. The summed E-state index contributed by atoms with van der Waals surface area (Å²) in [5, 5.41) is 4.86. The number of carbonyl (C=O) groups is 1. The maximum absolute atomic E-state index is 13.9. The van der Waals surface area contributed by atoms with Crippen molar-refractivity contribution in [2.75, 3.05) is 0 Å². The van der Waals surface area contributed by atoms with Crippen LogP contribution in [0, 0.1) is 5.82 Å². The number of ether oxygens (including phenoxy) is 1. The van der Waals surface area contributed by atoms with Gasteiger partial charge in [-0.1, -0.05) is 15.9 Å². The number of sulfonamides is 1. The number of hydrogen-bond acceptors (Lipinski definition) is 4. The van der Waals surface area contributed by atoms with Crippen molar-refractivity contribution in [3.05, 3.63) is 28.0 Å². The van der Waals surface area contributed by atoms with Crippen LogP contribution in [0.15, 0.2) is 21.5 Å². The summed E-state index contributed by atoms with van der Waals surface area (Å²) < 4.78 is 41.2. The first-order valence-corrected chi connectivity index (χ1v) is 7.19. The van der Waals surface area contributed by atoms with Gasteiger partial charge in [-0.3, -0.25) is 0 Å². The third-order valence-corrected chi connectivity index (χ3v) is 3.24. The van der Waals surface area contributed by atoms with Crippen LogP contribution in [0.2, 0.25) is 0 Å². The van der Waals surface area contributed by atoms with E-state index >= 15 is 0 Å². The maximum Gasteiger partial charge on any atom is 0.341 e. The van der Waals surface area contributed by atoms with Crippen LogP contribution >= 0.6 is 15.9 Å². The third-order valence-electron chi connectivity index (χ3n) is 1.87. The molecule has 0 saturated heterocycles. The number of carbonyl (C=O) groups excluding carboxylic acids is 1. The molecule has 1 aromatic carbocycles. The van der Waals surface area contributed by atoms with Crippen molar-refractivity contribution in [1.29, 1.82) is 0 Å². The molecule has 0 saturated carbocycles. The largest absolute Gasteiger partial charge is 0.459 e. The molecule has 0 unspecified atom stereocenters. The lowest BCUT2D eigenvalue weighted by Gasteiger charge is -2.10. The van der Waals surface area contributed by atoms with E-state index in [2.05, 4.69) is 15.9 Å². The topological polar surface area (TPSA) is 86.5 Å². The standard InChI is InChI=1S/C10H11BrFNO4S/c1-5(2)17-10(14)7-3-6(11)4-8(9(7)12)18(13,15)16/h3-5H,1-2H3,(H2,13,15,16). The average Bonchev–Trinajstić information content (AvgIpc) is 2.18. The molecule has 0 aromatic heterocycles. The molecule has 0 aliphatic rings. The highest BCUT2D eigenvalue weighted by atomic mass is 79.9. The van der Waals surface area contributed by atoms with Gasteiger partial charge in [-0.25, -0.2) is 22.7 Å². The smallest absolute Gasteiger partial charge is 0.341 e. The molecule has 18 heavy (non-hydrogen) atoms. The predicted molar refractivity (Wildman–Crippen MR) is 66.0 cm³/mol. The Hall–Kier alpha value is -0.990. The minimum Gasteiger partial charge on any atom is -0.459 e. The lowest BCUT2D eigenvalue weighted by molar-refractivity contribution is 0.0372. The molecule has 0 atom stereocenters. The molecule has 0 amide bonds. The van der Waals surface area contributed by atoms with Gasteiger partial charge in [0, 0.05) is 4.47 Å². The maximum atomic E-state index is 13.9. The van der Waals surface area contributed by atoms with Crippen molar-refractivity contribution in [3.8, 4) is 0 Å². The summed E-state index contributed by atoms with van der Waals surface area (Å²) in [7, 11) is -4.25. The Kier molecular flexibility index (Phi) is 4.46. The highest BCUT2D eigenvalue weighted by molar-refractivity contribution is 9.10. The molecular weight excluding hydrogens is 329 g/mol. The molecular formula is C10H11BrFNO4S. The molecule has 0 heterocycles. The van der Waals surface area contributed by atoms with Gasteiger partial charge in [-0.05, 0) is 26.0 Å². The van der Waals surface area contributed by atoms with E-state index in [-0.39, 0.29) is 4.47 Å². The van der Waals surface area contributed by atoms with Crippen LogP contribution in [0.1, 0.15) is 24.2 Å². The summed E-state index contributed by atoms with van der Waals surface area (Å²) in [6.07, 6.45) is -0.450. The van der Waals surface area contributed by atoms with Crippen molar-refractivity contribution in [2.45, 2.75) is 24.8 Å². The van der Waals surface area contributed by atoms with Crippen molar-refractivity contribution in [1.82, 2.24) is 0 Å². The number of hydrogen-bond donors (Lipinski definition) is 1.